The van der Waals surface area contributed by atoms with Crippen LogP contribution in [0.25, 0.3) is 0 Å². The van der Waals surface area contributed by atoms with Crippen molar-refractivity contribution in [3.05, 3.63) is 65.7 Å². The zero-order valence-corrected chi connectivity index (χ0v) is 18.4. The number of Topliss-reactive ketones (excluding diaryl/α,β-unsaturated/α-hetero) is 1. The van der Waals surface area contributed by atoms with Crippen LogP contribution in [0.5, 0.6) is 0 Å². The molecule has 0 radical (unpaired) electrons. The Bertz CT molecular complexity index is 1100. The van der Waals surface area contributed by atoms with E-state index >= 15 is 0 Å². The normalized spacial score (nSPS) is 12.0. The highest BCUT2D eigenvalue weighted by molar-refractivity contribution is 7.89. The van der Waals surface area contributed by atoms with Crippen molar-refractivity contribution in [3.63, 3.8) is 0 Å². The first-order valence-corrected chi connectivity index (χ1v) is 11.3. The first-order chi connectivity index (χ1) is 15.6. The minimum absolute atomic E-state index is 0.0265. The van der Waals surface area contributed by atoms with Crippen molar-refractivity contribution in [2.75, 3.05) is 19.6 Å². The minimum atomic E-state index is -4.07. The second kappa shape index (κ2) is 11.9. The molecule has 0 bridgehead atoms. The van der Waals surface area contributed by atoms with Gasteiger partial charge in [0.2, 0.25) is 15.9 Å². The summed E-state index contributed by atoms with van der Waals surface area (Å²) < 4.78 is 26.6. The summed E-state index contributed by atoms with van der Waals surface area (Å²) in [6, 6.07) is 12.0. The van der Waals surface area contributed by atoms with Crippen LogP contribution in [0.2, 0.25) is 0 Å². The smallest absolute Gasteiger partial charge is 0.323 e. The number of carboxylic acids is 1. The third-order valence-electron chi connectivity index (χ3n) is 4.48. The van der Waals surface area contributed by atoms with Gasteiger partial charge in [0, 0.05) is 30.6 Å². The van der Waals surface area contributed by atoms with E-state index in [0.717, 1.165) is 0 Å². The number of ketones is 1. The summed E-state index contributed by atoms with van der Waals surface area (Å²) in [5.74, 6) is -2.26. The summed E-state index contributed by atoms with van der Waals surface area (Å²) in [7, 11) is -4.07. The van der Waals surface area contributed by atoms with Crippen LogP contribution in [-0.2, 0) is 19.6 Å². The third-order valence-corrected chi connectivity index (χ3v) is 5.97. The molecule has 2 aromatic carbocycles. The van der Waals surface area contributed by atoms with Gasteiger partial charge < -0.3 is 21.5 Å². The van der Waals surface area contributed by atoms with Crippen molar-refractivity contribution in [1.29, 1.82) is 5.41 Å². The first-order valence-electron chi connectivity index (χ1n) is 9.85. The second-order valence-electron chi connectivity index (χ2n) is 6.97. The van der Waals surface area contributed by atoms with Gasteiger partial charge in [0.25, 0.3) is 0 Å². The number of nitrogens with one attached hydrogen (secondary N) is 4. The predicted octanol–water partition coefficient (Wildman–Crippen LogP) is -0.319. The molecule has 0 saturated carbocycles. The van der Waals surface area contributed by atoms with Crippen molar-refractivity contribution in [2.24, 2.45) is 5.73 Å². The molecule has 0 aliphatic carbocycles. The van der Waals surface area contributed by atoms with Crippen LogP contribution >= 0.6 is 0 Å². The van der Waals surface area contributed by atoms with Crippen LogP contribution in [0.4, 0.5) is 0 Å². The molecule has 7 N–H and O–H groups in total. The zero-order valence-electron chi connectivity index (χ0n) is 17.6. The van der Waals surface area contributed by atoms with Crippen molar-refractivity contribution < 1.29 is 27.9 Å². The number of carbonyl (C=O) groups excluding carboxylic acids is 2. The molecule has 1 amide bonds. The fourth-order valence-corrected chi connectivity index (χ4v) is 3.89. The van der Waals surface area contributed by atoms with Crippen LogP contribution in [0, 0.1) is 5.41 Å². The number of nitrogens with two attached hydrogens (primary N) is 1. The number of hydrogen-bond acceptors (Lipinski definition) is 7. The van der Waals surface area contributed by atoms with Crippen molar-refractivity contribution in [3.8, 4) is 0 Å². The molecule has 0 saturated heterocycles. The van der Waals surface area contributed by atoms with E-state index in [4.69, 9.17) is 11.1 Å². The Labute approximate surface area is 190 Å². The summed E-state index contributed by atoms with van der Waals surface area (Å²) in [6.45, 7) is -0.320. The quantitative estimate of drug-likeness (QED) is 0.0982. The molecule has 33 heavy (non-hydrogen) atoms. The van der Waals surface area contributed by atoms with Crippen molar-refractivity contribution in [1.82, 2.24) is 15.4 Å². The summed E-state index contributed by atoms with van der Waals surface area (Å²) in [6.07, 6.45) is -0.0473. The molecule has 0 aliphatic rings. The Morgan fingerprint density at radius 3 is 2.18 bits per heavy atom. The average molecular weight is 476 g/mol. The van der Waals surface area contributed by atoms with Crippen molar-refractivity contribution in [2.45, 2.75) is 17.4 Å². The van der Waals surface area contributed by atoms with Gasteiger partial charge in [-0.25, -0.2) is 8.42 Å². The van der Waals surface area contributed by atoms with E-state index in [1.54, 1.807) is 30.3 Å². The highest BCUT2D eigenvalue weighted by Crippen LogP contribution is 2.08. The summed E-state index contributed by atoms with van der Waals surface area (Å²) in [5.41, 5.74) is 6.29. The summed E-state index contributed by atoms with van der Waals surface area (Å²) in [5, 5.41) is 21.8. The van der Waals surface area contributed by atoms with Crippen LogP contribution < -0.4 is 21.1 Å². The Kier molecular flexibility index (Phi) is 9.21. The molecule has 0 aliphatic heterocycles. The molecule has 12 heteroatoms. The Hall–Kier alpha value is -3.61. The second-order valence-corrected chi connectivity index (χ2v) is 8.68. The molecule has 2 aromatic rings. The maximum atomic E-state index is 12.3. The van der Waals surface area contributed by atoms with Gasteiger partial charge in [0.1, 0.15) is 11.9 Å². The fourth-order valence-electron chi connectivity index (χ4n) is 2.68. The Morgan fingerprint density at radius 2 is 1.61 bits per heavy atom. The van der Waals surface area contributed by atoms with E-state index in [1.807, 2.05) is 0 Å². The number of aliphatic carboxylic acids is 1. The number of carbonyl (C=O) groups is 3. The molecular weight excluding hydrogens is 450 g/mol. The topological polar surface area (TPSA) is 192 Å². The molecule has 2 rings (SSSR count). The molecule has 11 nitrogen and oxygen atoms in total. The van der Waals surface area contributed by atoms with Gasteiger partial charge in [-0.1, -0.05) is 42.5 Å². The van der Waals surface area contributed by atoms with E-state index in [2.05, 4.69) is 15.4 Å². The van der Waals surface area contributed by atoms with Crippen LogP contribution in [0.15, 0.2) is 59.5 Å². The standard InChI is InChI=1S/C21H25N5O6S/c22-20(23)15-8-6-14(7-9-15)18(27)13-24-11-10-19(28)25-12-17(21(29)30)26-33(31,32)16-4-2-1-3-5-16/h1-9,17,24,26H,10-13H2,(H3,22,23)(H,25,28)(H,29,30). The largest absolute Gasteiger partial charge is 0.480 e. The number of nitrogen functional groups attached to an aromatic ring is 1. The van der Waals surface area contributed by atoms with E-state index in [1.165, 1.54) is 24.3 Å². The molecule has 0 spiro atoms. The number of carboxylic acid groups (broad SMARTS) is 1. The Morgan fingerprint density at radius 1 is 1.00 bits per heavy atom. The number of amides is 1. The van der Waals surface area contributed by atoms with Crippen LogP contribution in [0.1, 0.15) is 22.3 Å². The molecule has 0 heterocycles. The predicted molar refractivity (Wildman–Crippen MR) is 120 cm³/mol. The lowest BCUT2D eigenvalue weighted by Gasteiger charge is -2.15. The van der Waals surface area contributed by atoms with Gasteiger partial charge in [-0.05, 0) is 12.1 Å². The van der Waals surface area contributed by atoms with Gasteiger partial charge in [0.05, 0.1) is 11.4 Å². The molecule has 0 fully saturated rings. The third kappa shape index (κ3) is 8.11. The minimum Gasteiger partial charge on any atom is -0.480 e. The van der Waals surface area contributed by atoms with Gasteiger partial charge in [-0.3, -0.25) is 19.8 Å². The van der Waals surface area contributed by atoms with Crippen molar-refractivity contribution >= 4 is 33.5 Å². The van der Waals surface area contributed by atoms with E-state index < -0.39 is 34.5 Å². The Balaban J connectivity index is 1.76. The summed E-state index contributed by atoms with van der Waals surface area (Å²) >= 11 is 0. The van der Waals surface area contributed by atoms with Gasteiger partial charge >= 0.3 is 5.97 Å². The highest BCUT2D eigenvalue weighted by atomic mass is 32.2. The number of hydrogen-bond donors (Lipinski definition) is 6. The fraction of sp³-hybridized carbons (Fsp3) is 0.238. The molecule has 1 unspecified atom stereocenters. The monoisotopic (exact) mass is 475 g/mol. The van der Waals surface area contributed by atoms with E-state index in [-0.39, 0.29) is 36.0 Å². The highest BCUT2D eigenvalue weighted by Gasteiger charge is 2.25. The van der Waals surface area contributed by atoms with Crippen LogP contribution in [-0.4, -0.2) is 62.7 Å². The van der Waals surface area contributed by atoms with Gasteiger partial charge in [0.15, 0.2) is 5.78 Å². The maximum Gasteiger partial charge on any atom is 0.323 e. The number of sulfonamides is 1. The zero-order chi connectivity index (χ0) is 24.4. The van der Waals surface area contributed by atoms with Gasteiger partial charge in [-0.2, -0.15) is 4.72 Å². The van der Waals surface area contributed by atoms with Crippen LogP contribution in [0.3, 0.4) is 0 Å². The molecule has 176 valence electrons. The number of rotatable bonds is 13. The molecule has 0 aromatic heterocycles. The lowest BCUT2D eigenvalue weighted by Crippen LogP contribution is -2.48. The van der Waals surface area contributed by atoms with Gasteiger partial charge in [-0.15, -0.1) is 0 Å². The lowest BCUT2D eigenvalue weighted by molar-refractivity contribution is -0.138. The first kappa shape index (κ1) is 25.6. The lowest BCUT2D eigenvalue weighted by atomic mass is 10.1. The summed E-state index contributed by atoms with van der Waals surface area (Å²) in [4.78, 5) is 35.4. The van der Waals surface area contributed by atoms with E-state index in [0.29, 0.717) is 11.1 Å². The molecular formula is C21H25N5O6S. The number of benzene rings is 2. The maximum absolute atomic E-state index is 12.3. The average Bonchev–Trinajstić information content (AvgIpc) is 2.79. The van der Waals surface area contributed by atoms with E-state index in [9.17, 15) is 27.9 Å². The SMILES string of the molecule is N=C(N)c1ccc(C(=O)CNCCC(=O)NCC(NS(=O)(=O)c2ccccc2)C(=O)O)cc1. The molecule has 1 atom stereocenters. The number of amidine groups is 1.